The molecule has 0 saturated heterocycles. The predicted molar refractivity (Wildman–Crippen MR) is 83.4 cm³/mol. The van der Waals surface area contributed by atoms with Crippen molar-refractivity contribution in [2.45, 2.75) is 20.4 Å². The molecule has 0 atom stereocenters. The lowest BCUT2D eigenvalue weighted by Gasteiger charge is -2.23. The fraction of sp³-hybridized carbons (Fsp3) is 0.250. The van der Waals surface area contributed by atoms with E-state index in [0.717, 1.165) is 16.7 Å². The van der Waals surface area contributed by atoms with Gasteiger partial charge in [-0.25, -0.2) is 8.42 Å². The van der Waals surface area contributed by atoms with Gasteiger partial charge < -0.3 is 0 Å². The van der Waals surface area contributed by atoms with Gasteiger partial charge in [-0.1, -0.05) is 36.4 Å². The van der Waals surface area contributed by atoms with E-state index in [1.807, 2.05) is 62.4 Å². The number of hydrogen-bond donors (Lipinski definition) is 0. The second kappa shape index (κ2) is 5.67. The maximum Gasteiger partial charge on any atom is 0.232 e. The van der Waals surface area contributed by atoms with Crippen molar-refractivity contribution in [1.82, 2.24) is 0 Å². The molecule has 3 nitrogen and oxygen atoms in total. The highest BCUT2D eigenvalue weighted by atomic mass is 32.2. The minimum absolute atomic E-state index is 0.349. The van der Waals surface area contributed by atoms with E-state index < -0.39 is 10.0 Å². The van der Waals surface area contributed by atoms with Crippen LogP contribution in [0.3, 0.4) is 0 Å². The van der Waals surface area contributed by atoms with Gasteiger partial charge in [-0.3, -0.25) is 4.31 Å². The van der Waals surface area contributed by atoms with E-state index in [2.05, 4.69) is 0 Å². The molecule has 0 amide bonds. The number of benzene rings is 2. The number of sulfonamides is 1. The van der Waals surface area contributed by atoms with Crippen LogP contribution in [0, 0.1) is 13.8 Å². The Morgan fingerprint density at radius 1 is 0.950 bits per heavy atom. The molecule has 0 fully saturated rings. The van der Waals surface area contributed by atoms with Crippen LogP contribution in [0.1, 0.15) is 16.7 Å². The van der Waals surface area contributed by atoms with Crippen molar-refractivity contribution in [3.63, 3.8) is 0 Å². The Balaban J connectivity index is 2.41. The van der Waals surface area contributed by atoms with Crippen molar-refractivity contribution < 1.29 is 8.42 Å². The number of aryl methyl sites for hydroxylation is 2. The van der Waals surface area contributed by atoms with E-state index in [0.29, 0.717) is 12.2 Å². The molecule has 0 bridgehead atoms. The van der Waals surface area contributed by atoms with E-state index in [1.165, 1.54) is 10.6 Å². The third-order valence-electron chi connectivity index (χ3n) is 3.35. The van der Waals surface area contributed by atoms with Gasteiger partial charge in [0.05, 0.1) is 18.5 Å². The molecule has 0 heterocycles. The second-order valence-corrected chi connectivity index (χ2v) is 6.93. The molecule has 0 unspecified atom stereocenters. The van der Waals surface area contributed by atoms with Crippen LogP contribution in [0.4, 0.5) is 5.69 Å². The third-order valence-corrected chi connectivity index (χ3v) is 4.49. The Labute approximate surface area is 120 Å². The normalized spacial score (nSPS) is 11.3. The molecule has 0 radical (unpaired) electrons. The molecule has 0 saturated carbocycles. The third kappa shape index (κ3) is 3.39. The van der Waals surface area contributed by atoms with Gasteiger partial charge in [-0.2, -0.15) is 0 Å². The van der Waals surface area contributed by atoms with Crippen molar-refractivity contribution in [3.05, 3.63) is 65.2 Å². The lowest BCUT2D eigenvalue weighted by Crippen LogP contribution is -2.29. The standard InChI is InChI=1S/C16H19NO2S/c1-13-9-10-16(11-14(13)2)17(20(3,18)19)12-15-7-5-4-6-8-15/h4-11H,12H2,1-3H3. The van der Waals surface area contributed by atoms with Crippen molar-refractivity contribution >= 4 is 15.7 Å². The molecule has 20 heavy (non-hydrogen) atoms. The van der Waals surface area contributed by atoms with E-state index >= 15 is 0 Å². The zero-order valence-corrected chi connectivity index (χ0v) is 12.8. The average Bonchev–Trinajstić information content (AvgIpc) is 2.39. The molecule has 2 aromatic carbocycles. The fourth-order valence-corrected chi connectivity index (χ4v) is 2.91. The smallest absolute Gasteiger partial charge is 0.232 e. The molecule has 0 aliphatic carbocycles. The van der Waals surface area contributed by atoms with Gasteiger partial charge >= 0.3 is 0 Å². The number of anilines is 1. The summed E-state index contributed by atoms with van der Waals surface area (Å²) < 4.78 is 25.6. The lowest BCUT2D eigenvalue weighted by atomic mass is 10.1. The minimum Gasteiger partial charge on any atom is -0.266 e. The maximum atomic E-state index is 12.1. The molecule has 106 valence electrons. The van der Waals surface area contributed by atoms with Crippen LogP contribution in [-0.2, 0) is 16.6 Å². The molecule has 2 aromatic rings. The summed E-state index contributed by atoms with van der Waals surface area (Å²) in [5.74, 6) is 0. The topological polar surface area (TPSA) is 37.4 Å². The molecule has 4 heteroatoms. The summed E-state index contributed by atoms with van der Waals surface area (Å²) in [6, 6.07) is 15.3. The van der Waals surface area contributed by atoms with Crippen LogP contribution >= 0.6 is 0 Å². The summed E-state index contributed by atoms with van der Waals surface area (Å²) in [4.78, 5) is 0. The monoisotopic (exact) mass is 289 g/mol. The molecule has 0 aliphatic rings. The van der Waals surface area contributed by atoms with E-state index in [4.69, 9.17) is 0 Å². The SMILES string of the molecule is Cc1ccc(N(Cc2ccccc2)S(C)(=O)=O)cc1C. The maximum absolute atomic E-state index is 12.1. The summed E-state index contributed by atoms with van der Waals surface area (Å²) in [6.45, 7) is 4.35. The van der Waals surface area contributed by atoms with Crippen molar-refractivity contribution in [3.8, 4) is 0 Å². The lowest BCUT2D eigenvalue weighted by molar-refractivity contribution is 0.596. The zero-order valence-electron chi connectivity index (χ0n) is 12.0. The Morgan fingerprint density at radius 3 is 2.15 bits per heavy atom. The first-order valence-electron chi connectivity index (χ1n) is 6.47. The van der Waals surface area contributed by atoms with Gasteiger partial charge in [0.2, 0.25) is 10.0 Å². The first-order valence-corrected chi connectivity index (χ1v) is 8.31. The Hall–Kier alpha value is -1.81. The largest absolute Gasteiger partial charge is 0.266 e. The van der Waals surface area contributed by atoms with Crippen LogP contribution in [0.15, 0.2) is 48.5 Å². The summed E-state index contributed by atoms with van der Waals surface area (Å²) in [5.41, 5.74) is 3.92. The quantitative estimate of drug-likeness (QED) is 0.866. The highest BCUT2D eigenvalue weighted by Gasteiger charge is 2.18. The molecule has 0 N–H and O–H groups in total. The number of rotatable bonds is 4. The zero-order chi connectivity index (χ0) is 14.8. The predicted octanol–water partition coefficient (Wildman–Crippen LogP) is 3.27. The Kier molecular flexibility index (Phi) is 4.14. The van der Waals surface area contributed by atoms with Crippen LogP contribution < -0.4 is 4.31 Å². The number of nitrogens with zero attached hydrogens (tertiary/aromatic N) is 1. The number of hydrogen-bond acceptors (Lipinski definition) is 2. The highest BCUT2D eigenvalue weighted by molar-refractivity contribution is 7.92. The molecular formula is C16H19NO2S. The summed E-state index contributed by atoms with van der Waals surface area (Å²) >= 11 is 0. The Bertz CT molecular complexity index is 694. The molecule has 2 rings (SSSR count). The summed E-state index contributed by atoms with van der Waals surface area (Å²) in [6.07, 6.45) is 1.24. The van der Waals surface area contributed by atoms with Gasteiger partial charge in [-0.05, 0) is 42.7 Å². The van der Waals surface area contributed by atoms with Gasteiger partial charge in [0.25, 0.3) is 0 Å². The van der Waals surface area contributed by atoms with Crippen molar-refractivity contribution in [1.29, 1.82) is 0 Å². The Morgan fingerprint density at radius 2 is 1.60 bits per heavy atom. The van der Waals surface area contributed by atoms with Crippen molar-refractivity contribution in [2.24, 2.45) is 0 Å². The van der Waals surface area contributed by atoms with Gasteiger partial charge in [-0.15, -0.1) is 0 Å². The van der Waals surface area contributed by atoms with E-state index in [9.17, 15) is 8.42 Å². The van der Waals surface area contributed by atoms with Gasteiger partial charge in [0.1, 0.15) is 0 Å². The average molecular weight is 289 g/mol. The highest BCUT2D eigenvalue weighted by Crippen LogP contribution is 2.23. The minimum atomic E-state index is -3.31. The molecule has 0 spiro atoms. The summed E-state index contributed by atoms with van der Waals surface area (Å²) in [5, 5.41) is 0. The van der Waals surface area contributed by atoms with Crippen LogP contribution in [-0.4, -0.2) is 14.7 Å². The van der Waals surface area contributed by atoms with Crippen LogP contribution in [0.5, 0.6) is 0 Å². The van der Waals surface area contributed by atoms with E-state index in [1.54, 1.807) is 0 Å². The van der Waals surface area contributed by atoms with Gasteiger partial charge in [0.15, 0.2) is 0 Å². The molecule has 0 aromatic heterocycles. The van der Waals surface area contributed by atoms with Crippen LogP contribution in [0.2, 0.25) is 0 Å². The molecule has 0 aliphatic heterocycles. The molecular weight excluding hydrogens is 270 g/mol. The van der Waals surface area contributed by atoms with Crippen molar-refractivity contribution in [2.75, 3.05) is 10.6 Å². The first kappa shape index (κ1) is 14.6. The fourth-order valence-electron chi connectivity index (χ4n) is 2.03. The first-order chi connectivity index (χ1) is 9.38. The van der Waals surface area contributed by atoms with Crippen LogP contribution in [0.25, 0.3) is 0 Å². The second-order valence-electron chi connectivity index (χ2n) is 5.02. The van der Waals surface area contributed by atoms with E-state index in [-0.39, 0.29) is 0 Å². The summed E-state index contributed by atoms with van der Waals surface area (Å²) in [7, 11) is -3.31. The van der Waals surface area contributed by atoms with Gasteiger partial charge in [0, 0.05) is 0 Å².